The van der Waals surface area contributed by atoms with E-state index < -0.39 is 6.36 Å². The van der Waals surface area contributed by atoms with E-state index in [1.54, 1.807) is 6.07 Å². The van der Waals surface area contributed by atoms with Crippen molar-refractivity contribution in [2.24, 2.45) is 0 Å². The van der Waals surface area contributed by atoms with Gasteiger partial charge in [0.1, 0.15) is 5.75 Å². The van der Waals surface area contributed by atoms with Crippen molar-refractivity contribution in [3.63, 3.8) is 0 Å². The van der Waals surface area contributed by atoms with Crippen molar-refractivity contribution < 1.29 is 17.9 Å². The van der Waals surface area contributed by atoms with Crippen LogP contribution in [0.5, 0.6) is 5.75 Å². The normalized spacial score (nSPS) is 17.3. The second kappa shape index (κ2) is 7.98. The molecule has 0 saturated heterocycles. The van der Waals surface area contributed by atoms with Gasteiger partial charge in [-0.1, -0.05) is 42.5 Å². The Morgan fingerprint density at radius 3 is 2.54 bits per heavy atom. The number of ether oxygens (including phenoxy) is 1. The third-order valence-electron chi connectivity index (χ3n) is 4.93. The maximum absolute atomic E-state index is 12.4. The first-order chi connectivity index (χ1) is 12.4. The molecule has 0 spiro atoms. The number of hydrogen-bond donors (Lipinski definition) is 0. The Balaban J connectivity index is 1.66. The molecular formula is C22H23F3O. The van der Waals surface area contributed by atoms with Gasteiger partial charge in [-0.05, 0) is 79.3 Å². The molecule has 0 saturated carbocycles. The van der Waals surface area contributed by atoms with Gasteiger partial charge in [-0.15, -0.1) is 13.2 Å². The van der Waals surface area contributed by atoms with Gasteiger partial charge in [0.25, 0.3) is 0 Å². The Bertz CT molecular complexity index is 760. The summed E-state index contributed by atoms with van der Waals surface area (Å²) in [6.07, 6.45) is 4.27. The summed E-state index contributed by atoms with van der Waals surface area (Å²) in [5.74, 6) is 0.293. The minimum atomic E-state index is -4.64. The van der Waals surface area contributed by atoms with Crippen LogP contribution in [0.15, 0.2) is 54.6 Å². The number of rotatable bonds is 5. The van der Waals surface area contributed by atoms with Crippen LogP contribution in [-0.4, -0.2) is 6.36 Å². The smallest absolute Gasteiger partial charge is 0.406 e. The quantitative estimate of drug-likeness (QED) is 0.563. The summed E-state index contributed by atoms with van der Waals surface area (Å²) in [4.78, 5) is 0. The summed E-state index contributed by atoms with van der Waals surface area (Å²) in [5.41, 5.74) is 4.72. The highest BCUT2D eigenvalue weighted by atomic mass is 19.4. The molecule has 0 fully saturated rings. The minimum Gasteiger partial charge on any atom is -0.406 e. The van der Waals surface area contributed by atoms with Crippen LogP contribution in [0.25, 0.3) is 0 Å². The summed E-state index contributed by atoms with van der Waals surface area (Å²) in [6, 6.07) is 13.5. The second-order valence-electron chi connectivity index (χ2n) is 6.77. The molecule has 4 heteroatoms. The molecule has 1 atom stereocenters. The standard InChI is InChI=1S/C22H23F3O/c1-2-3-4-5-16-6-8-17(9-7-16)18-10-11-20-15-21(26-22(23,24)25)13-12-19(20)14-18/h2-3,6-9,12-13,15,18H,4-5,10-11,14H2,1H3/b3-2+. The lowest BCUT2D eigenvalue weighted by atomic mass is 9.80. The summed E-state index contributed by atoms with van der Waals surface area (Å²) >= 11 is 0. The van der Waals surface area contributed by atoms with Crippen molar-refractivity contribution in [1.82, 2.24) is 0 Å². The van der Waals surface area contributed by atoms with Gasteiger partial charge < -0.3 is 4.74 Å². The topological polar surface area (TPSA) is 9.23 Å². The van der Waals surface area contributed by atoms with Crippen molar-refractivity contribution in [3.05, 3.63) is 76.9 Å². The fraction of sp³-hybridized carbons (Fsp3) is 0.364. The average Bonchev–Trinajstić information content (AvgIpc) is 2.61. The van der Waals surface area contributed by atoms with Gasteiger partial charge in [0.05, 0.1) is 0 Å². The fourth-order valence-electron chi connectivity index (χ4n) is 3.59. The average molecular weight is 360 g/mol. The first-order valence-electron chi connectivity index (χ1n) is 9.02. The van der Waals surface area contributed by atoms with Crippen LogP contribution in [-0.2, 0) is 19.3 Å². The number of benzene rings is 2. The first-order valence-corrected chi connectivity index (χ1v) is 9.02. The van der Waals surface area contributed by atoms with E-state index in [4.69, 9.17) is 0 Å². The lowest BCUT2D eigenvalue weighted by Crippen LogP contribution is -2.18. The van der Waals surface area contributed by atoms with Crippen LogP contribution in [0.3, 0.4) is 0 Å². The van der Waals surface area contributed by atoms with Gasteiger partial charge >= 0.3 is 6.36 Å². The molecule has 1 aliphatic rings. The monoisotopic (exact) mass is 360 g/mol. The van der Waals surface area contributed by atoms with E-state index in [-0.39, 0.29) is 5.75 Å². The van der Waals surface area contributed by atoms with Crippen LogP contribution in [0.1, 0.15) is 47.9 Å². The summed E-state index contributed by atoms with van der Waals surface area (Å²) in [7, 11) is 0. The molecule has 0 radical (unpaired) electrons. The highest BCUT2D eigenvalue weighted by molar-refractivity contribution is 5.40. The maximum Gasteiger partial charge on any atom is 0.573 e. The zero-order valence-corrected chi connectivity index (χ0v) is 14.9. The van der Waals surface area contributed by atoms with Gasteiger partial charge in [-0.3, -0.25) is 0 Å². The van der Waals surface area contributed by atoms with Crippen LogP contribution in [0, 0.1) is 0 Å². The second-order valence-corrected chi connectivity index (χ2v) is 6.77. The number of alkyl halides is 3. The molecule has 0 aliphatic heterocycles. The molecule has 1 aliphatic carbocycles. The molecule has 2 aromatic rings. The minimum absolute atomic E-state index is 0.125. The molecule has 0 amide bonds. The van der Waals surface area contributed by atoms with Gasteiger partial charge in [0.15, 0.2) is 0 Å². The highest BCUT2D eigenvalue weighted by Gasteiger charge is 2.31. The van der Waals surface area contributed by atoms with Gasteiger partial charge in [0.2, 0.25) is 0 Å². The Morgan fingerprint density at radius 1 is 1.08 bits per heavy atom. The van der Waals surface area contributed by atoms with E-state index >= 15 is 0 Å². The first kappa shape index (κ1) is 18.6. The van der Waals surface area contributed by atoms with E-state index in [1.165, 1.54) is 23.3 Å². The Hall–Kier alpha value is -2.23. The van der Waals surface area contributed by atoms with Crippen LogP contribution in [0.4, 0.5) is 13.2 Å². The van der Waals surface area contributed by atoms with Crippen molar-refractivity contribution in [1.29, 1.82) is 0 Å². The largest absolute Gasteiger partial charge is 0.573 e. The molecule has 0 bridgehead atoms. The number of fused-ring (bicyclic) bond motifs is 1. The van der Waals surface area contributed by atoms with Crippen LogP contribution in [0.2, 0.25) is 0 Å². The zero-order chi connectivity index (χ0) is 18.6. The van der Waals surface area contributed by atoms with Crippen molar-refractivity contribution in [3.8, 4) is 5.75 Å². The van der Waals surface area contributed by atoms with Crippen LogP contribution < -0.4 is 4.74 Å². The van der Waals surface area contributed by atoms with Crippen molar-refractivity contribution in [2.45, 2.75) is 51.3 Å². The molecule has 26 heavy (non-hydrogen) atoms. The van der Waals surface area contributed by atoms with E-state index in [0.29, 0.717) is 5.92 Å². The van der Waals surface area contributed by atoms with E-state index in [0.717, 1.165) is 43.2 Å². The van der Waals surface area contributed by atoms with E-state index in [1.807, 2.05) is 6.92 Å². The SMILES string of the molecule is C/C=C/CCc1ccc(C2CCc3cc(OC(F)(F)F)ccc3C2)cc1. The third-order valence-corrected chi connectivity index (χ3v) is 4.93. The molecule has 138 valence electrons. The Morgan fingerprint density at radius 2 is 1.85 bits per heavy atom. The molecule has 1 unspecified atom stereocenters. The predicted molar refractivity (Wildman–Crippen MR) is 97.5 cm³/mol. The lowest BCUT2D eigenvalue weighted by Gasteiger charge is -2.25. The maximum atomic E-state index is 12.4. The Kier molecular flexibility index (Phi) is 5.70. The highest BCUT2D eigenvalue weighted by Crippen LogP contribution is 2.35. The molecule has 3 rings (SSSR count). The molecular weight excluding hydrogens is 337 g/mol. The van der Waals surface area contributed by atoms with Gasteiger partial charge in [-0.25, -0.2) is 0 Å². The molecule has 0 N–H and O–H groups in total. The Labute approximate surface area is 152 Å². The molecule has 2 aromatic carbocycles. The van der Waals surface area contributed by atoms with E-state index in [2.05, 4.69) is 41.2 Å². The van der Waals surface area contributed by atoms with E-state index in [9.17, 15) is 13.2 Å². The number of halogens is 3. The van der Waals surface area contributed by atoms with Crippen molar-refractivity contribution in [2.75, 3.05) is 0 Å². The molecule has 0 heterocycles. The summed E-state index contributed by atoms with van der Waals surface area (Å²) < 4.78 is 41.1. The summed E-state index contributed by atoms with van der Waals surface area (Å²) in [6.45, 7) is 2.03. The number of aryl methyl sites for hydroxylation is 2. The van der Waals surface area contributed by atoms with Crippen LogP contribution >= 0.6 is 0 Å². The zero-order valence-electron chi connectivity index (χ0n) is 14.9. The molecule has 1 nitrogen and oxygen atoms in total. The third kappa shape index (κ3) is 4.90. The van der Waals surface area contributed by atoms with Gasteiger partial charge in [0, 0.05) is 0 Å². The number of allylic oxidation sites excluding steroid dienone is 2. The fourth-order valence-corrected chi connectivity index (χ4v) is 3.59. The predicted octanol–water partition coefficient (Wildman–Crippen LogP) is 6.37. The molecule has 0 aromatic heterocycles. The summed E-state index contributed by atoms with van der Waals surface area (Å²) in [5, 5.41) is 0. The van der Waals surface area contributed by atoms with Crippen molar-refractivity contribution >= 4 is 0 Å². The lowest BCUT2D eigenvalue weighted by molar-refractivity contribution is -0.274. The number of hydrogen-bond acceptors (Lipinski definition) is 1. The van der Waals surface area contributed by atoms with Gasteiger partial charge in [-0.2, -0.15) is 0 Å².